The molecule has 0 radical (unpaired) electrons. The molecular weight excluding hydrogens is 309 g/mol. The van der Waals surface area contributed by atoms with Gasteiger partial charge in [-0.15, -0.1) is 0 Å². The van der Waals surface area contributed by atoms with Gasteiger partial charge in [0, 0.05) is 6.54 Å². The van der Waals surface area contributed by atoms with Crippen LogP contribution in [0.25, 0.3) is 0 Å². The number of carboxylic acids is 1. The van der Waals surface area contributed by atoms with Gasteiger partial charge in [-0.05, 0) is 24.1 Å². The Hall–Kier alpha value is -1.18. The molecule has 0 saturated carbocycles. The van der Waals surface area contributed by atoms with Gasteiger partial charge in [0.1, 0.15) is 10.7 Å². The molecule has 5 nitrogen and oxygen atoms in total. The van der Waals surface area contributed by atoms with Gasteiger partial charge in [0.05, 0.1) is 10.9 Å². The lowest BCUT2D eigenvalue weighted by atomic mass is 9.97. The largest absolute Gasteiger partial charge is 0.481 e. The molecule has 1 atom stereocenters. The van der Waals surface area contributed by atoms with Crippen molar-refractivity contribution in [3.8, 4) is 0 Å². The summed E-state index contributed by atoms with van der Waals surface area (Å²) in [6.45, 7) is 3.05. The summed E-state index contributed by atoms with van der Waals surface area (Å²) in [4.78, 5) is 10.6. The summed E-state index contributed by atoms with van der Waals surface area (Å²) in [5.41, 5.74) is 0. The highest BCUT2D eigenvalue weighted by Crippen LogP contribution is 2.22. The van der Waals surface area contributed by atoms with Crippen LogP contribution < -0.4 is 4.72 Å². The minimum atomic E-state index is -4.06. The lowest BCUT2D eigenvalue weighted by Crippen LogP contribution is -2.35. The third-order valence-electron chi connectivity index (χ3n) is 2.80. The van der Waals surface area contributed by atoms with Crippen LogP contribution in [0.5, 0.6) is 0 Å². The summed E-state index contributed by atoms with van der Waals surface area (Å²) in [6, 6.07) is 2.95. The highest BCUT2D eigenvalue weighted by molar-refractivity contribution is 7.89. The van der Waals surface area contributed by atoms with Crippen molar-refractivity contribution in [2.75, 3.05) is 6.54 Å². The van der Waals surface area contributed by atoms with Gasteiger partial charge in [0.15, 0.2) is 0 Å². The second-order valence-electron chi connectivity index (χ2n) is 4.62. The van der Waals surface area contributed by atoms with Crippen molar-refractivity contribution < 1.29 is 22.7 Å². The van der Waals surface area contributed by atoms with E-state index in [0.29, 0.717) is 0 Å². The van der Waals surface area contributed by atoms with Crippen LogP contribution in [-0.2, 0) is 14.8 Å². The number of aliphatic carboxylic acids is 1. The Balaban J connectivity index is 2.95. The van der Waals surface area contributed by atoms with Crippen molar-refractivity contribution in [2.24, 2.45) is 11.8 Å². The number of rotatable bonds is 6. The summed E-state index contributed by atoms with van der Waals surface area (Å²) < 4.78 is 39.2. The van der Waals surface area contributed by atoms with E-state index >= 15 is 0 Å². The van der Waals surface area contributed by atoms with Gasteiger partial charge >= 0.3 is 5.97 Å². The number of carbonyl (C=O) groups is 1. The average Bonchev–Trinajstić information content (AvgIpc) is 2.31. The molecule has 0 aromatic heterocycles. The number of carboxylic acid groups (broad SMARTS) is 1. The first-order valence-electron chi connectivity index (χ1n) is 5.82. The van der Waals surface area contributed by atoms with Crippen LogP contribution in [0.3, 0.4) is 0 Å². The summed E-state index contributed by atoms with van der Waals surface area (Å²) in [5, 5.41) is 8.86. The Kier molecular flexibility index (Phi) is 5.50. The second-order valence-corrected chi connectivity index (χ2v) is 6.76. The van der Waals surface area contributed by atoms with Crippen molar-refractivity contribution in [1.29, 1.82) is 0 Å². The van der Waals surface area contributed by atoms with Crippen LogP contribution in [0.15, 0.2) is 23.1 Å². The lowest BCUT2D eigenvalue weighted by Gasteiger charge is -2.17. The zero-order valence-corrected chi connectivity index (χ0v) is 12.5. The first-order valence-corrected chi connectivity index (χ1v) is 7.68. The molecule has 0 fully saturated rings. The number of hydrogen-bond acceptors (Lipinski definition) is 3. The maximum absolute atomic E-state index is 13.1. The van der Waals surface area contributed by atoms with E-state index in [1.165, 1.54) is 0 Å². The lowest BCUT2D eigenvalue weighted by molar-refractivity contribution is -0.142. The summed E-state index contributed by atoms with van der Waals surface area (Å²) in [6.07, 6.45) is 0. The Morgan fingerprint density at radius 3 is 2.55 bits per heavy atom. The van der Waals surface area contributed by atoms with Crippen LogP contribution in [0.2, 0.25) is 5.02 Å². The monoisotopic (exact) mass is 323 g/mol. The molecule has 112 valence electrons. The fraction of sp³-hybridized carbons (Fsp3) is 0.417. The molecule has 1 aromatic rings. The van der Waals surface area contributed by atoms with Gasteiger partial charge in [-0.25, -0.2) is 17.5 Å². The van der Waals surface area contributed by atoms with Crippen molar-refractivity contribution >= 4 is 27.6 Å². The highest BCUT2D eigenvalue weighted by atomic mass is 35.5. The van der Waals surface area contributed by atoms with Gasteiger partial charge < -0.3 is 5.11 Å². The van der Waals surface area contributed by atoms with Gasteiger partial charge in [0.2, 0.25) is 10.0 Å². The normalized spacial score (nSPS) is 13.4. The third-order valence-corrected chi connectivity index (χ3v) is 4.70. The fourth-order valence-electron chi connectivity index (χ4n) is 1.57. The molecule has 0 aliphatic rings. The van der Waals surface area contributed by atoms with Gasteiger partial charge in [-0.3, -0.25) is 4.79 Å². The second kappa shape index (κ2) is 6.51. The van der Waals surface area contributed by atoms with Crippen LogP contribution in [0.1, 0.15) is 13.8 Å². The van der Waals surface area contributed by atoms with Gasteiger partial charge in [-0.2, -0.15) is 0 Å². The van der Waals surface area contributed by atoms with Crippen molar-refractivity contribution in [1.82, 2.24) is 4.72 Å². The molecule has 0 saturated heterocycles. The summed E-state index contributed by atoms with van der Waals surface area (Å²) in [5.74, 6) is -2.98. The van der Waals surface area contributed by atoms with Crippen LogP contribution in [0, 0.1) is 17.7 Å². The van der Waals surface area contributed by atoms with Crippen molar-refractivity contribution in [2.45, 2.75) is 18.7 Å². The van der Waals surface area contributed by atoms with E-state index in [2.05, 4.69) is 4.72 Å². The maximum atomic E-state index is 13.1. The molecule has 1 rings (SSSR count). The van der Waals surface area contributed by atoms with E-state index in [4.69, 9.17) is 16.7 Å². The molecule has 0 aliphatic carbocycles. The zero-order chi connectivity index (χ0) is 15.5. The van der Waals surface area contributed by atoms with E-state index in [0.717, 1.165) is 18.2 Å². The van der Waals surface area contributed by atoms with E-state index in [-0.39, 0.29) is 17.5 Å². The fourth-order valence-corrected chi connectivity index (χ4v) is 3.14. The zero-order valence-electron chi connectivity index (χ0n) is 10.9. The molecule has 20 heavy (non-hydrogen) atoms. The average molecular weight is 324 g/mol. The van der Waals surface area contributed by atoms with E-state index in [1.54, 1.807) is 13.8 Å². The minimum Gasteiger partial charge on any atom is -0.481 e. The standard InChI is InChI=1S/C12H15ClFNO4S/c1-7(2)9(12(16)17)6-15-20(18,19)11-5-8(14)3-4-10(11)13/h3-5,7,9,15H,6H2,1-2H3,(H,16,17). The molecule has 2 N–H and O–H groups in total. The van der Waals surface area contributed by atoms with E-state index in [1.807, 2.05) is 0 Å². The molecule has 8 heteroatoms. The minimum absolute atomic E-state index is 0.129. The van der Waals surface area contributed by atoms with E-state index in [9.17, 15) is 17.6 Å². The molecule has 1 unspecified atom stereocenters. The molecule has 0 heterocycles. The Bertz CT molecular complexity index is 603. The molecule has 0 spiro atoms. The maximum Gasteiger partial charge on any atom is 0.308 e. The Morgan fingerprint density at radius 2 is 2.05 bits per heavy atom. The molecular formula is C12H15ClFNO4S. The quantitative estimate of drug-likeness (QED) is 0.840. The van der Waals surface area contributed by atoms with Crippen molar-refractivity contribution in [3.05, 3.63) is 29.0 Å². The van der Waals surface area contributed by atoms with Crippen LogP contribution >= 0.6 is 11.6 Å². The molecule has 1 aromatic carbocycles. The number of halogens is 2. The van der Waals surface area contributed by atoms with Crippen LogP contribution in [-0.4, -0.2) is 26.0 Å². The first kappa shape index (κ1) is 16.9. The smallest absolute Gasteiger partial charge is 0.308 e. The number of nitrogens with one attached hydrogen (secondary N) is 1. The summed E-state index contributed by atoms with van der Waals surface area (Å²) in [7, 11) is -4.06. The highest BCUT2D eigenvalue weighted by Gasteiger charge is 2.25. The van der Waals surface area contributed by atoms with Gasteiger partial charge in [-0.1, -0.05) is 25.4 Å². The Labute approximate surface area is 121 Å². The number of hydrogen-bond donors (Lipinski definition) is 2. The predicted molar refractivity (Wildman–Crippen MR) is 72.6 cm³/mol. The number of benzene rings is 1. The third kappa shape index (κ3) is 4.16. The molecule has 0 aliphatic heterocycles. The van der Waals surface area contributed by atoms with Crippen LogP contribution in [0.4, 0.5) is 4.39 Å². The number of sulfonamides is 1. The molecule has 0 bridgehead atoms. The molecule has 0 amide bonds. The van der Waals surface area contributed by atoms with Crippen molar-refractivity contribution in [3.63, 3.8) is 0 Å². The Morgan fingerprint density at radius 1 is 1.45 bits per heavy atom. The van der Waals surface area contributed by atoms with Gasteiger partial charge in [0.25, 0.3) is 0 Å². The topological polar surface area (TPSA) is 83.5 Å². The summed E-state index contributed by atoms with van der Waals surface area (Å²) >= 11 is 5.72. The first-order chi connectivity index (χ1) is 9.15. The SMILES string of the molecule is CC(C)C(CNS(=O)(=O)c1cc(F)ccc1Cl)C(=O)O. The van der Waals surface area contributed by atoms with E-state index < -0.39 is 32.6 Å². The predicted octanol–water partition coefficient (Wildman–Crippen LogP) is 2.11.